The molecule has 0 radical (unpaired) electrons. The fraction of sp³-hybridized carbons (Fsp3) is 0.417. The average molecular weight is 270 g/mol. The van der Waals surface area contributed by atoms with Crippen LogP contribution in [0.5, 0.6) is 0 Å². The van der Waals surface area contributed by atoms with Gasteiger partial charge in [-0.2, -0.15) is 0 Å². The summed E-state index contributed by atoms with van der Waals surface area (Å²) in [5, 5.41) is 6.88. The molecule has 17 heavy (non-hydrogen) atoms. The average Bonchev–Trinajstić information content (AvgIpc) is 2.27. The van der Waals surface area contributed by atoms with Crippen LogP contribution < -0.4 is 10.6 Å². The molecule has 0 amide bonds. The molecule has 0 saturated carbocycles. The van der Waals surface area contributed by atoms with Gasteiger partial charge >= 0.3 is 0 Å². The topological polar surface area (TPSA) is 41.1 Å². The van der Waals surface area contributed by atoms with E-state index in [1.54, 1.807) is 6.26 Å². The lowest BCUT2D eigenvalue weighted by Gasteiger charge is -2.16. The second-order valence-electron chi connectivity index (χ2n) is 3.93. The second-order valence-corrected chi connectivity index (χ2v) is 5.89. The quantitative estimate of drug-likeness (QED) is 0.804. The molecule has 0 aliphatic rings. The molecule has 0 spiro atoms. The van der Waals surface area contributed by atoms with Crippen molar-refractivity contribution < 1.29 is 4.21 Å². The maximum atomic E-state index is 11.0. The predicted molar refractivity (Wildman–Crippen MR) is 78.8 cm³/mol. The fourth-order valence-electron chi connectivity index (χ4n) is 1.33. The standard InChI is InChI=1S/C12H18N2OS2/c1-10(8-9-17(2)15)13-12(16)14-11-6-4-3-5-7-11/h3-7,10H,8-9H2,1-2H3,(H2,13,14,16). The Bertz CT molecular complexity index is 381. The zero-order valence-electron chi connectivity index (χ0n) is 10.1. The van der Waals surface area contributed by atoms with Crippen LogP contribution in [0.2, 0.25) is 0 Å². The van der Waals surface area contributed by atoms with Gasteiger partial charge in [0, 0.05) is 34.5 Å². The van der Waals surface area contributed by atoms with Crippen LogP contribution in [-0.2, 0) is 10.8 Å². The van der Waals surface area contributed by atoms with E-state index < -0.39 is 10.8 Å². The van der Waals surface area contributed by atoms with E-state index >= 15 is 0 Å². The number of rotatable bonds is 5. The molecule has 2 unspecified atom stereocenters. The van der Waals surface area contributed by atoms with Crippen molar-refractivity contribution >= 4 is 33.8 Å². The zero-order valence-corrected chi connectivity index (χ0v) is 11.7. The molecule has 3 nitrogen and oxygen atoms in total. The van der Waals surface area contributed by atoms with Gasteiger partial charge in [-0.3, -0.25) is 4.21 Å². The lowest BCUT2D eigenvalue weighted by molar-refractivity contribution is 0.637. The Morgan fingerprint density at radius 1 is 1.41 bits per heavy atom. The van der Waals surface area contributed by atoms with Crippen LogP contribution in [-0.4, -0.2) is 27.4 Å². The molecule has 0 aromatic heterocycles. The third-order valence-electron chi connectivity index (χ3n) is 2.25. The van der Waals surface area contributed by atoms with E-state index in [9.17, 15) is 4.21 Å². The highest BCUT2D eigenvalue weighted by atomic mass is 32.2. The zero-order chi connectivity index (χ0) is 12.7. The van der Waals surface area contributed by atoms with Gasteiger partial charge in [-0.05, 0) is 37.7 Å². The van der Waals surface area contributed by atoms with Crippen LogP contribution in [0, 0.1) is 0 Å². The van der Waals surface area contributed by atoms with Crippen molar-refractivity contribution in [1.82, 2.24) is 5.32 Å². The number of hydrogen-bond donors (Lipinski definition) is 2. The summed E-state index contributed by atoms with van der Waals surface area (Å²) in [7, 11) is -0.743. The monoisotopic (exact) mass is 270 g/mol. The van der Waals surface area contributed by atoms with E-state index in [1.807, 2.05) is 37.3 Å². The number of hydrogen-bond acceptors (Lipinski definition) is 2. The summed E-state index contributed by atoms with van der Waals surface area (Å²) in [6.45, 7) is 2.03. The Hall–Kier alpha value is -0.940. The van der Waals surface area contributed by atoms with Gasteiger partial charge in [-0.25, -0.2) is 0 Å². The molecule has 0 heterocycles. The molecule has 0 saturated heterocycles. The summed E-state index contributed by atoms with van der Waals surface area (Å²) < 4.78 is 11.0. The van der Waals surface area contributed by atoms with Crippen LogP contribution >= 0.6 is 12.2 Å². The summed E-state index contributed by atoms with van der Waals surface area (Å²) >= 11 is 5.19. The van der Waals surface area contributed by atoms with Crippen molar-refractivity contribution in [2.45, 2.75) is 19.4 Å². The van der Waals surface area contributed by atoms with E-state index in [2.05, 4.69) is 10.6 Å². The van der Waals surface area contributed by atoms with Crippen molar-refractivity contribution in [3.05, 3.63) is 30.3 Å². The van der Waals surface area contributed by atoms with E-state index in [1.165, 1.54) is 0 Å². The van der Waals surface area contributed by atoms with Crippen molar-refractivity contribution in [2.75, 3.05) is 17.3 Å². The van der Waals surface area contributed by atoms with Crippen molar-refractivity contribution in [2.24, 2.45) is 0 Å². The third-order valence-corrected chi connectivity index (χ3v) is 3.28. The van der Waals surface area contributed by atoms with E-state index in [-0.39, 0.29) is 6.04 Å². The van der Waals surface area contributed by atoms with Crippen molar-refractivity contribution in [3.8, 4) is 0 Å². The first kappa shape index (κ1) is 14.1. The molecule has 94 valence electrons. The molecule has 0 aliphatic carbocycles. The highest BCUT2D eigenvalue weighted by Gasteiger charge is 2.05. The molecule has 1 aromatic carbocycles. The van der Waals surface area contributed by atoms with E-state index in [4.69, 9.17) is 12.2 Å². The van der Waals surface area contributed by atoms with Gasteiger partial charge in [-0.1, -0.05) is 18.2 Å². The second kappa shape index (κ2) is 7.40. The SMILES string of the molecule is CC(CCS(C)=O)NC(=S)Nc1ccccc1. The van der Waals surface area contributed by atoms with Gasteiger partial charge in [0.25, 0.3) is 0 Å². The Kier molecular flexibility index (Phi) is 6.15. The van der Waals surface area contributed by atoms with Crippen molar-refractivity contribution in [1.29, 1.82) is 0 Å². The number of thiocarbonyl (C=S) groups is 1. The van der Waals surface area contributed by atoms with Crippen LogP contribution in [0.4, 0.5) is 5.69 Å². The fourth-order valence-corrected chi connectivity index (χ4v) is 2.33. The first-order valence-electron chi connectivity index (χ1n) is 5.50. The molecule has 1 rings (SSSR count). The van der Waals surface area contributed by atoms with Crippen LogP contribution in [0.15, 0.2) is 30.3 Å². The Labute approximate surface area is 110 Å². The predicted octanol–water partition coefficient (Wildman–Crippen LogP) is 2.13. The Morgan fingerprint density at radius 2 is 2.06 bits per heavy atom. The molecule has 0 aliphatic heterocycles. The van der Waals surface area contributed by atoms with Crippen LogP contribution in [0.3, 0.4) is 0 Å². The molecular weight excluding hydrogens is 252 g/mol. The number of benzene rings is 1. The van der Waals surface area contributed by atoms with Gasteiger partial charge in [0.2, 0.25) is 0 Å². The number of nitrogens with one attached hydrogen (secondary N) is 2. The minimum Gasteiger partial charge on any atom is -0.360 e. The summed E-state index contributed by atoms with van der Waals surface area (Å²) in [6.07, 6.45) is 2.56. The first-order chi connectivity index (χ1) is 8.08. The lowest BCUT2D eigenvalue weighted by atomic mass is 10.3. The Morgan fingerprint density at radius 3 is 2.65 bits per heavy atom. The normalized spacial score (nSPS) is 13.8. The number of para-hydroxylation sites is 1. The molecule has 1 aromatic rings. The van der Waals surface area contributed by atoms with Gasteiger partial charge in [0.05, 0.1) is 0 Å². The summed E-state index contributed by atoms with van der Waals surface area (Å²) in [5.41, 5.74) is 0.969. The highest BCUT2D eigenvalue weighted by Crippen LogP contribution is 2.04. The smallest absolute Gasteiger partial charge is 0.170 e. The molecule has 5 heteroatoms. The van der Waals surface area contributed by atoms with Crippen molar-refractivity contribution in [3.63, 3.8) is 0 Å². The lowest BCUT2D eigenvalue weighted by Crippen LogP contribution is -2.36. The van der Waals surface area contributed by atoms with Gasteiger partial charge < -0.3 is 10.6 Å². The molecule has 0 fully saturated rings. The maximum Gasteiger partial charge on any atom is 0.170 e. The van der Waals surface area contributed by atoms with Gasteiger partial charge in [0.1, 0.15) is 0 Å². The minimum atomic E-state index is -0.743. The van der Waals surface area contributed by atoms with E-state index in [0.29, 0.717) is 10.9 Å². The van der Waals surface area contributed by atoms with Crippen LogP contribution in [0.1, 0.15) is 13.3 Å². The van der Waals surface area contributed by atoms with Gasteiger partial charge in [-0.15, -0.1) is 0 Å². The maximum absolute atomic E-state index is 11.0. The van der Waals surface area contributed by atoms with E-state index in [0.717, 1.165) is 12.1 Å². The largest absolute Gasteiger partial charge is 0.360 e. The highest BCUT2D eigenvalue weighted by molar-refractivity contribution is 7.84. The Balaban J connectivity index is 2.32. The first-order valence-corrected chi connectivity index (χ1v) is 7.64. The molecule has 2 atom stereocenters. The minimum absolute atomic E-state index is 0.225. The third kappa shape index (κ3) is 6.38. The molecule has 0 bridgehead atoms. The summed E-state index contributed by atoms with van der Waals surface area (Å²) in [6, 6.07) is 10.0. The van der Waals surface area contributed by atoms with Crippen LogP contribution in [0.25, 0.3) is 0 Å². The molecule has 2 N–H and O–H groups in total. The number of anilines is 1. The molecular formula is C12H18N2OS2. The summed E-state index contributed by atoms with van der Waals surface area (Å²) in [4.78, 5) is 0. The van der Waals surface area contributed by atoms with Gasteiger partial charge in [0.15, 0.2) is 5.11 Å². The summed E-state index contributed by atoms with van der Waals surface area (Å²) in [5.74, 6) is 0.697.